The first kappa shape index (κ1) is 16.4. The summed E-state index contributed by atoms with van der Waals surface area (Å²) in [5.74, 6) is 2.56. The number of urea groups is 1. The Morgan fingerprint density at radius 2 is 2.10 bits per heavy atom. The molecule has 1 N–H and O–H groups in total. The number of aliphatic carboxylic acids is 1. The molecular formula is C15H24N2O3. The first-order valence-electron chi connectivity index (χ1n) is 7.14. The number of terminal acetylenes is 1. The highest BCUT2D eigenvalue weighted by atomic mass is 16.4. The van der Waals surface area contributed by atoms with E-state index in [4.69, 9.17) is 11.5 Å². The smallest absolute Gasteiger partial charge is 0.323 e. The average Bonchev–Trinajstić information content (AvgIpc) is 2.62. The Hall–Kier alpha value is -1.70. The van der Waals surface area contributed by atoms with Gasteiger partial charge in [0.25, 0.3) is 0 Å². The van der Waals surface area contributed by atoms with Crippen LogP contribution >= 0.6 is 0 Å². The summed E-state index contributed by atoms with van der Waals surface area (Å²) in [6.07, 6.45) is 8.27. The predicted molar refractivity (Wildman–Crippen MR) is 77.2 cm³/mol. The van der Waals surface area contributed by atoms with Crippen LogP contribution in [0.15, 0.2) is 0 Å². The molecule has 1 rings (SSSR count). The van der Waals surface area contributed by atoms with Crippen LogP contribution in [0.4, 0.5) is 4.79 Å². The molecule has 0 spiro atoms. The quantitative estimate of drug-likeness (QED) is 0.800. The molecule has 20 heavy (non-hydrogen) atoms. The molecule has 1 heterocycles. The molecule has 1 atom stereocenters. The van der Waals surface area contributed by atoms with E-state index in [9.17, 15) is 9.59 Å². The van der Waals surface area contributed by atoms with Gasteiger partial charge in [0.2, 0.25) is 0 Å². The number of rotatable bonds is 4. The highest BCUT2D eigenvalue weighted by Crippen LogP contribution is 2.24. The van der Waals surface area contributed by atoms with Gasteiger partial charge in [-0.05, 0) is 31.1 Å². The van der Waals surface area contributed by atoms with Crippen LogP contribution in [-0.2, 0) is 4.79 Å². The van der Waals surface area contributed by atoms with Crippen LogP contribution in [0.3, 0.4) is 0 Å². The van der Waals surface area contributed by atoms with E-state index in [0.717, 1.165) is 19.3 Å². The molecule has 1 aliphatic heterocycles. The van der Waals surface area contributed by atoms with E-state index in [0.29, 0.717) is 24.9 Å². The molecule has 1 fully saturated rings. The molecule has 0 aromatic heterocycles. The lowest BCUT2D eigenvalue weighted by Crippen LogP contribution is -2.46. The van der Waals surface area contributed by atoms with Crippen molar-refractivity contribution in [2.45, 2.75) is 33.1 Å². The van der Waals surface area contributed by atoms with E-state index in [-0.39, 0.29) is 19.1 Å². The average molecular weight is 280 g/mol. The molecule has 0 radical (unpaired) electrons. The number of carbonyl (C=O) groups excluding carboxylic acids is 1. The van der Waals surface area contributed by atoms with Gasteiger partial charge in [0.05, 0.1) is 6.54 Å². The van der Waals surface area contributed by atoms with Gasteiger partial charge in [-0.3, -0.25) is 4.79 Å². The molecule has 112 valence electrons. The Morgan fingerprint density at radius 1 is 1.40 bits per heavy atom. The van der Waals surface area contributed by atoms with Gasteiger partial charge in [-0.2, -0.15) is 0 Å². The Morgan fingerprint density at radius 3 is 2.65 bits per heavy atom. The Kier molecular flexibility index (Phi) is 6.37. The van der Waals surface area contributed by atoms with Crippen LogP contribution in [0.2, 0.25) is 0 Å². The third-order valence-corrected chi connectivity index (χ3v) is 3.86. The molecule has 0 saturated carbocycles. The third-order valence-electron chi connectivity index (χ3n) is 3.86. The van der Waals surface area contributed by atoms with Crippen LogP contribution in [-0.4, -0.2) is 53.1 Å². The predicted octanol–water partition coefficient (Wildman–Crippen LogP) is 1.88. The van der Waals surface area contributed by atoms with E-state index >= 15 is 0 Å². The zero-order valence-electron chi connectivity index (χ0n) is 12.3. The van der Waals surface area contributed by atoms with Crippen LogP contribution in [0.5, 0.6) is 0 Å². The minimum atomic E-state index is -1.04. The van der Waals surface area contributed by atoms with Gasteiger partial charge in [-0.15, -0.1) is 6.42 Å². The molecule has 0 bridgehead atoms. The second-order valence-electron chi connectivity index (χ2n) is 5.66. The summed E-state index contributed by atoms with van der Waals surface area (Å²) in [5, 5.41) is 8.85. The van der Waals surface area contributed by atoms with Crippen molar-refractivity contribution in [3.05, 3.63) is 0 Å². The lowest BCUT2D eigenvalue weighted by molar-refractivity contribution is -0.137. The number of carboxylic acid groups (broad SMARTS) is 1. The van der Waals surface area contributed by atoms with Gasteiger partial charge >= 0.3 is 12.0 Å². The Labute approximate surface area is 120 Å². The van der Waals surface area contributed by atoms with Crippen molar-refractivity contribution in [2.75, 3.05) is 26.2 Å². The number of carbonyl (C=O) groups is 2. The van der Waals surface area contributed by atoms with Crippen LogP contribution in [0.1, 0.15) is 33.1 Å². The fourth-order valence-electron chi connectivity index (χ4n) is 2.64. The lowest BCUT2D eigenvalue weighted by Gasteiger charge is -2.28. The maximum Gasteiger partial charge on any atom is 0.323 e. The summed E-state index contributed by atoms with van der Waals surface area (Å²) in [4.78, 5) is 26.1. The summed E-state index contributed by atoms with van der Waals surface area (Å²) in [6, 6.07) is -0.255. The van der Waals surface area contributed by atoms with Crippen LogP contribution < -0.4 is 0 Å². The highest BCUT2D eigenvalue weighted by Gasteiger charge is 2.26. The monoisotopic (exact) mass is 280 g/mol. The van der Waals surface area contributed by atoms with Gasteiger partial charge in [-0.1, -0.05) is 19.8 Å². The van der Waals surface area contributed by atoms with E-state index in [1.165, 1.54) is 4.90 Å². The number of amides is 2. The van der Waals surface area contributed by atoms with Crippen LogP contribution in [0, 0.1) is 24.2 Å². The lowest BCUT2D eigenvalue weighted by atomic mass is 9.89. The van der Waals surface area contributed by atoms with Crippen molar-refractivity contribution in [1.29, 1.82) is 0 Å². The molecule has 0 aliphatic carbocycles. The summed E-state index contributed by atoms with van der Waals surface area (Å²) >= 11 is 0. The molecule has 5 heteroatoms. The number of hydrogen-bond donors (Lipinski definition) is 1. The van der Waals surface area contributed by atoms with Crippen LogP contribution in [0.25, 0.3) is 0 Å². The zero-order valence-corrected chi connectivity index (χ0v) is 12.3. The Bertz CT molecular complexity index is 387. The normalized spacial score (nSPS) is 19.3. The molecule has 1 aliphatic rings. The molecule has 1 unspecified atom stereocenters. The van der Waals surface area contributed by atoms with Gasteiger partial charge < -0.3 is 14.9 Å². The zero-order chi connectivity index (χ0) is 15.1. The molecular weight excluding hydrogens is 256 g/mol. The third kappa shape index (κ3) is 4.76. The summed E-state index contributed by atoms with van der Waals surface area (Å²) in [7, 11) is 0. The van der Waals surface area contributed by atoms with Gasteiger partial charge in [-0.25, -0.2) is 4.79 Å². The van der Waals surface area contributed by atoms with Crippen molar-refractivity contribution < 1.29 is 14.7 Å². The van der Waals surface area contributed by atoms with E-state index in [1.807, 2.05) is 0 Å². The van der Waals surface area contributed by atoms with E-state index < -0.39 is 5.97 Å². The SMILES string of the molecule is C#CCN(CC(=O)O)C(=O)N1CCCC(C(C)C)CC1. The minimum absolute atomic E-state index is 0.0369. The number of hydrogen-bond acceptors (Lipinski definition) is 2. The molecule has 0 aromatic rings. The summed E-state index contributed by atoms with van der Waals surface area (Å²) < 4.78 is 0. The van der Waals surface area contributed by atoms with Crippen molar-refractivity contribution in [2.24, 2.45) is 11.8 Å². The Balaban J connectivity index is 2.65. The van der Waals surface area contributed by atoms with Crippen molar-refractivity contribution in [3.63, 3.8) is 0 Å². The summed E-state index contributed by atoms with van der Waals surface area (Å²) in [5.41, 5.74) is 0. The second-order valence-corrected chi connectivity index (χ2v) is 5.66. The molecule has 5 nitrogen and oxygen atoms in total. The van der Waals surface area contributed by atoms with Crippen molar-refractivity contribution >= 4 is 12.0 Å². The minimum Gasteiger partial charge on any atom is -0.480 e. The van der Waals surface area contributed by atoms with Gasteiger partial charge in [0.15, 0.2) is 0 Å². The topological polar surface area (TPSA) is 60.9 Å². The first-order valence-corrected chi connectivity index (χ1v) is 7.14. The highest BCUT2D eigenvalue weighted by molar-refractivity contribution is 5.80. The number of likely N-dealkylation sites (tertiary alicyclic amines) is 1. The second kappa shape index (κ2) is 7.78. The molecule has 2 amide bonds. The number of carboxylic acids is 1. The van der Waals surface area contributed by atoms with E-state index in [2.05, 4.69) is 19.8 Å². The maximum absolute atomic E-state index is 12.3. The first-order chi connectivity index (χ1) is 9.45. The fraction of sp³-hybridized carbons (Fsp3) is 0.733. The van der Waals surface area contributed by atoms with Crippen molar-refractivity contribution in [3.8, 4) is 12.3 Å². The number of nitrogens with zero attached hydrogens (tertiary/aromatic N) is 2. The van der Waals surface area contributed by atoms with Gasteiger partial charge in [0, 0.05) is 13.1 Å². The maximum atomic E-state index is 12.3. The molecule has 1 saturated heterocycles. The summed E-state index contributed by atoms with van der Waals surface area (Å²) in [6.45, 7) is 5.47. The van der Waals surface area contributed by atoms with Gasteiger partial charge in [0.1, 0.15) is 6.54 Å². The fourth-order valence-corrected chi connectivity index (χ4v) is 2.64. The standard InChI is InChI=1S/C15H24N2O3/c1-4-8-17(11-14(18)19)15(20)16-9-5-6-13(7-10-16)12(2)3/h1,12-13H,5-11H2,2-3H3,(H,18,19). The van der Waals surface area contributed by atoms with E-state index in [1.54, 1.807) is 4.90 Å². The molecule has 0 aromatic carbocycles. The largest absolute Gasteiger partial charge is 0.480 e. The van der Waals surface area contributed by atoms with Crippen molar-refractivity contribution in [1.82, 2.24) is 9.80 Å².